The third-order valence-corrected chi connectivity index (χ3v) is 4.05. The summed E-state index contributed by atoms with van der Waals surface area (Å²) in [4.78, 5) is 0. The van der Waals surface area contributed by atoms with E-state index >= 15 is 0 Å². The lowest BCUT2D eigenvalue weighted by atomic mass is 9.80. The Kier molecular flexibility index (Phi) is 8.18. The zero-order valence-electron chi connectivity index (χ0n) is 14.3. The maximum Gasteiger partial charge on any atom is 0.0607 e. The molecule has 116 valence electrons. The van der Waals surface area contributed by atoms with Crippen molar-refractivity contribution in [3.8, 4) is 0 Å². The number of hydrazine groups is 1. The van der Waals surface area contributed by atoms with Gasteiger partial charge in [-0.1, -0.05) is 39.5 Å². The minimum Gasteiger partial charge on any atom is -0.381 e. The fourth-order valence-corrected chi connectivity index (χ4v) is 2.87. The summed E-state index contributed by atoms with van der Waals surface area (Å²) in [5.41, 5.74) is 0.0604. The molecule has 0 aromatic heterocycles. The van der Waals surface area contributed by atoms with Gasteiger partial charge < -0.3 is 4.74 Å². The highest BCUT2D eigenvalue weighted by Crippen LogP contribution is 2.36. The summed E-state index contributed by atoms with van der Waals surface area (Å²) in [7, 11) is 1.78. The van der Waals surface area contributed by atoms with Crippen molar-refractivity contribution >= 4 is 0 Å². The Morgan fingerprint density at radius 2 is 1.37 bits per heavy atom. The minimum atomic E-state index is 0.0302. The Bertz CT molecular complexity index is 217. The summed E-state index contributed by atoms with van der Waals surface area (Å²) in [6.07, 6.45) is 7.88. The average molecular weight is 272 g/mol. The van der Waals surface area contributed by atoms with Crippen molar-refractivity contribution in [3.63, 3.8) is 0 Å². The van der Waals surface area contributed by atoms with Gasteiger partial charge in [-0.3, -0.25) is 5.84 Å². The number of nitrogens with zero attached hydrogens (tertiary/aromatic N) is 1. The second-order valence-corrected chi connectivity index (χ2v) is 6.97. The Morgan fingerprint density at radius 1 is 1.00 bits per heavy atom. The zero-order valence-corrected chi connectivity index (χ0v) is 14.3. The van der Waals surface area contributed by atoms with Crippen molar-refractivity contribution in [2.45, 2.75) is 97.2 Å². The number of piperidine rings is 1. The molecule has 1 rings (SSSR count). The van der Waals surface area contributed by atoms with Crippen LogP contribution in [0.2, 0.25) is 0 Å². The first-order valence-electron chi connectivity index (χ1n) is 7.79. The highest BCUT2D eigenvalue weighted by molar-refractivity contribution is 4.97. The van der Waals surface area contributed by atoms with Crippen LogP contribution in [-0.4, -0.2) is 29.3 Å². The largest absolute Gasteiger partial charge is 0.381 e. The Morgan fingerprint density at radius 3 is 1.63 bits per heavy atom. The molecular formula is C16H36N2O. The lowest BCUT2D eigenvalue weighted by molar-refractivity contribution is -0.0939. The van der Waals surface area contributed by atoms with E-state index in [4.69, 9.17) is 10.6 Å². The SMILES string of the molecule is CCCCCC.COC1CC(C)(C)N(N)C(C)(C)C1. The van der Waals surface area contributed by atoms with E-state index in [1.54, 1.807) is 7.11 Å². The van der Waals surface area contributed by atoms with Crippen molar-refractivity contribution in [2.24, 2.45) is 5.84 Å². The summed E-state index contributed by atoms with van der Waals surface area (Å²) in [6.45, 7) is 13.1. The molecule has 3 heteroatoms. The number of unbranched alkanes of at least 4 members (excludes halogenated alkanes) is 3. The van der Waals surface area contributed by atoms with Gasteiger partial charge in [0.1, 0.15) is 0 Å². The Labute approximate surface area is 120 Å². The van der Waals surface area contributed by atoms with Crippen molar-refractivity contribution in [1.29, 1.82) is 0 Å². The summed E-state index contributed by atoms with van der Waals surface area (Å²) >= 11 is 0. The number of methoxy groups -OCH3 is 1. The maximum atomic E-state index is 6.08. The van der Waals surface area contributed by atoms with E-state index < -0.39 is 0 Å². The predicted molar refractivity (Wildman–Crippen MR) is 84.0 cm³/mol. The number of rotatable bonds is 4. The van der Waals surface area contributed by atoms with Gasteiger partial charge in [0, 0.05) is 18.2 Å². The standard InChI is InChI=1S/C10H22N2O.C6H14/c1-9(2)6-8(13-5)7-10(3,4)12(9)11;1-3-5-6-4-2/h8H,6-7,11H2,1-5H3;3-6H2,1-2H3. The van der Waals surface area contributed by atoms with Crippen LogP contribution in [0, 0.1) is 0 Å². The van der Waals surface area contributed by atoms with Crippen LogP contribution >= 0.6 is 0 Å². The second-order valence-electron chi connectivity index (χ2n) is 6.97. The highest BCUT2D eigenvalue weighted by Gasteiger charge is 2.43. The molecule has 0 aliphatic carbocycles. The van der Waals surface area contributed by atoms with Crippen LogP contribution in [0.3, 0.4) is 0 Å². The molecule has 0 atom stereocenters. The van der Waals surface area contributed by atoms with Crippen LogP contribution in [0.5, 0.6) is 0 Å². The topological polar surface area (TPSA) is 38.5 Å². The Balaban J connectivity index is 0.000000459. The number of nitrogens with two attached hydrogens (primary N) is 1. The highest BCUT2D eigenvalue weighted by atomic mass is 16.5. The van der Waals surface area contributed by atoms with E-state index in [0.717, 1.165) is 12.8 Å². The minimum absolute atomic E-state index is 0.0302. The molecule has 0 unspecified atom stereocenters. The number of ether oxygens (including phenoxy) is 1. The lowest BCUT2D eigenvalue weighted by Gasteiger charge is -2.52. The summed E-state index contributed by atoms with van der Waals surface area (Å²) in [6, 6.07) is 0. The van der Waals surface area contributed by atoms with Crippen molar-refractivity contribution < 1.29 is 4.74 Å². The zero-order chi connectivity index (χ0) is 15.1. The molecule has 3 nitrogen and oxygen atoms in total. The van der Waals surface area contributed by atoms with Gasteiger partial charge in [-0.05, 0) is 40.5 Å². The van der Waals surface area contributed by atoms with Crippen LogP contribution in [0.1, 0.15) is 80.1 Å². The molecule has 1 aliphatic rings. The molecule has 0 saturated carbocycles. The van der Waals surface area contributed by atoms with Crippen LogP contribution in [0.25, 0.3) is 0 Å². The van der Waals surface area contributed by atoms with E-state index in [-0.39, 0.29) is 11.1 Å². The molecule has 1 saturated heterocycles. The molecule has 1 heterocycles. The van der Waals surface area contributed by atoms with Gasteiger partial charge in [0.25, 0.3) is 0 Å². The van der Waals surface area contributed by atoms with Gasteiger partial charge in [-0.25, -0.2) is 5.01 Å². The fraction of sp³-hybridized carbons (Fsp3) is 1.00. The molecule has 2 N–H and O–H groups in total. The van der Waals surface area contributed by atoms with Gasteiger partial charge in [0.15, 0.2) is 0 Å². The van der Waals surface area contributed by atoms with Crippen LogP contribution in [0.4, 0.5) is 0 Å². The third-order valence-electron chi connectivity index (χ3n) is 4.05. The van der Waals surface area contributed by atoms with Crippen LogP contribution in [0.15, 0.2) is 0 Å². The van der Waals surface area contributed by atoms with Gasteiger partial charge in [0.05, 0.1) is 6.10 Å². The molecular weight excluding hydrogens is 236 g/mol. The summed E-state index contributed by atoms with van der Waals surface area (Å²) < 4.78 is 5.43. The number of hydrogen-bond acceptors (Lipinski definition) is 3. The van der Waals surface area contributed by atoms with E-state index in [1.807, 2.05) is 5.01 Å². The quantitative estimate of drug-likeness (QED) is 0.618. The molecule has 0 aromatic carbocycles. The maximum absolute atomic E-state index is 6.08. The molecule has 1 fully saturated rings. The van der Waals surface area contributed by atoms with E-state index in [1.165, 1.54) is 25.7 Å². The average Bonchev–Trinajstić information content (AvgIpc) is 2.33. The lowest BCUT2D eigenvalue weighted by Crippen LogP contribution is -2.65. The predicted octanol–water partition coefficient (Wildman–Crippen LogP) is 4.11. The van der Waals surface area contributed by atoms with Gasteiger partial charge in [-0.15, -0.1) is 0 Å². The van der Waals surface area contributed by atoms with E-state index in [0.29, 0.717) is 6.10 Å². The van der Waals surface area contributed by atoms with Crippen LogP contribution in [-0.2, 0) is 4.74 Å². The van der Waals surface area contributed by atoms with Gasteiger partial charge in [0.2, 0.25) is 0 Å². The molecule has 1 aliphatic heterocycles. The van der Waals surface area contributed by atoms with Gasteiger partial charge in [-0.2, -0.15) is 0 Å². The summed E-state index contributed by atoms with van der Waals surface area (Å²) in [5, 5.41) is 1.97. The normalized spacial score (nSPS) is 22.7. The van der Waals surface area contributed by atoms with Crippen molar-refractivity contribution in [2.75, 3.05) is 7.11 Å². The molecule has 0 spiro atoms. The first-order valence-corrected chi connectivity index (χ1v) is 7.79. The first-order chi connectivity index (χ1) is 8.71. The van der Waals surface area contributed by atoms with Crippen LogP contribution < -0.4 is 5.84 Å². The Hall–Kier alpha value is -0.120. The third kappa shape index (κ3) is 6.24. The van der Waals surface area contributed by atoms with E-state index in [2.05, 4.69) is 41.5 Å². The monoisotopic (exact) mass is 272 g/mol. The molecule has 0 amide bonds. The molecule has 0 bridgehead atoms. The fourth-order valence-electron chi connectivity index (χ4n) is 2.87. The molecule has 0 radical (unpaired) electrons. The number of hydrogen-bond donors (Lipinski definition) is 1. The summed E-state index contributed by atoms with van der Waals surface area (Å²) in [5.74, 6) is 6.08. The van der Waals surface area contributed by atoms with E-state index in [9.17, 15) is 0 Å². The smallest absolute Gasteiger partial charge is 0.0607 e. The molecule has 19 heavy (non-hydrogen) atoms. The van der Waals surface area contributed by atoms with Crippen molar-refractivity contribution in [1.82, 2.24) is 5.01 Å². The molecule has 0 aromatic rings. The van der Waals surface area contributed by atoms with Crippen molar-refractivity contribution in [3.05, 3.63) is 0 Å². The second kappa shape index (κ2) is 8.23. The van der Waals surface area contributed by atoms with Gasteiger partial charge >= 0.3 is 0 Å². The first kappa shape index (κ1) is 18.9.